The summed E-state index contributed by atoms with van der Waals surface area (Å²) in [7, 11) is 3.11. The molecule has 4 rings (SSSR count). The zero-order chi connectivity index (χ0) is 26.2. The summed E-state index contributed by atoms with van der Waals surface area (Å²) < 4.78 is 12.2. The van der Waals surface area contributed by atoms with E-state index in [0.29, 0.717) is 22.7 Å². The Morgan fingerprint density at radius 2 is 1.62 bits per heavy atom. The van der Waals surface area contributed by atoms with Gasteiger partial charge >= 0.3 is 0 Å². The average molecular weight is 566 g/mol. The fourth-order valence-electron chi connectivity index (χ4n) is 4.95. The van der Waals surface area contributed by atoms with Gasteiger partial charge in [-0.15, -0.1) is 0 Å². The molecule has 0 saturated heterocycles. The molecule has 0 spiro atoms. The smallest absolute Gasteiger partial charge is 0.248 e. The van der Waals surface area contributed by atoms with Gasteiger partial charge < -0.3 is 14.8 Å². The molecule has 1 fully saturated rings. The van der Waals surface area contributed by atoms with Crippen molar-refractivity contribution in [2.24, 2.45) is 0 Å². The summed E-state index contributed by atoms with van der Waals surface area (Å²) in [5, 5.41) is 3.25. The summed E-state index contributed by atoms with van der Waals surface area (Å²) >= 11 is 3.48. The number of ether oxygens (including phenoxy) is 2. The van der Waals surface area contributed by atoms with Crippen LogP contribution in [0.2, 0.25) is 0 Å². The van der Waals surface area contributed by atoms with E-state index in [1.807, 2.05) is 66.7 Å². The number of benzene rings is 3. The maximum absolute atomic E-state index is 14.1. The molecule has 1 atom stereocenters. The standard InChI is InChI=1S/C30H33BrN2O4/c1-36-26-15-9-14-25(29(26)37-2)28(30(35)32-23-12-7-4-8-13-23)33(24-18-16-22(31)17-19-24)27(34)20-21-10-5-3-6-11-21/h3,5-6,9-11,14-19,23,28H,4,7-8,12-13,20H2,1-2H3,(H,32,35). The third-order valence-corrected chi connectivity index (χ3v) is 7.29. The number of hydrogen-bond acceptors (Lipinski definition) is 4. The van der Waals surface area contributed by atoms with Crippen molar-refractivity contribution in [2.75, 3.05) is 19.1 Å². The highest BCUT2D eigenvalue weighted by atomic mass is 79.9. The Hall–Kier alpha value is -3.32. The second-order valence-corrected chi connectivity index (χ2v) is 10.1. The molecule has 6 nitrogen and oxygen atoms in total. The number of hydrogen-bond donors (Lipinski definition) is 1. The molecule has 0 bridgehead atoms. The van der Waals surface area contributed by atoms with E-state index in [9.17, 15) is 9.59 Å². The monoisotopic (exact) mass is 564 g/mol. The molecule has 2 amide bonds. The molecule has 1 aliphatic carbocycles. The minimum Gasteiger partial charge on any atom is -0.493 e. The van der Waals surface area contributed by atoms with Crippen LogP contribution in [-0.2, 0) is 16.0 Å². The number of halogens is 1. The predicted octanol–water partition coefficient (Wildman–Crippen LogP) is 6.23. The number of para-hydroxylation sites is 1. The molecule has 37 heavy (non-hydrogen) atoms. The van der Waals surface area contributed by atoms with Crippen LogP contribution in [0.1, 0.15) is 49.3 Å². The largest absolute Gasteiger partial charge is 0.493 e. The van der Waals surface area contributed by atoms with Gasteiger partial charge in [0.05, 0.1) is 20.6 Å². The normalized spacial score (nSPS) is 14.5. The predicted molar refractivity (Wildman–Crippen MR) is 149 cm³/mol. The van der Waals surface area contributed by atoms with Crippen LogP contribution in [-0.4, -0.2) is 32.1 Å². The van der Waals surface area contributed by atoms with Crippen LogP contribution in [0.25, 0.3) is 0 Å². The van der Waals surface area contributed by atoms with E-state index in [1.165, 1.54) is 6.42 Å². The molecule has 1 aliphatic rings. The molecule has 1 unspecified atom stereocenters. The summed E-state index contributed by atoms with van der Waals surface area (Å²) in [4.78, 5) is 29.7. The molecule has 194 valence electrons. The molecule has 0 heterocycles. The number of carbonyl (C=O) groups excluding carboxylic acids is 2. The Morgan fingerprint density at radius 3 is 2.27 bits per heavy atom. The van der Waals surface area contributed by atoms with Crippen LogP contribution >= 0.6 is 15.9 Å². The molecule has 7 heteroatoms. The second-order valence-electron chi connectivity index (χ2n) is 9.23. The van der Waals surface area contributed by atoms with Gasteiger partial charge in [0.1, 0.15) is 6.04 Å². The lowest BCUT2D eigenvalue weighted by Gasteiger charge is -2.34. The van der Waals surface area contributed by atoms with Crippen LogP contribution in [0.3, 0.4) is 0 Å². The van der Waals surface area contributed by atoms with Crippen molar-refractivity contribution in [3.05, 3.63) is 88.4 Å². The summed E-state index contributed by atoms with van der Waals surface area (Å²) in [5.41, 5.74) is 2.07. The van der Waals surface area contributed by atoms with Gasteiger partial charge in [0.15, 0.2) is 11.5 Å². The molecule has 0 aromatic heterocycles. The number of carbonyl (C=O) groups is 2. The topological polar surface area (TPSA) is 67.9 Å². The summed E-state index contributed by atoms with van der Waals surface area (Å²) in [5.74, 6) is 0.509. The van der Waals surface area contributed by atoms with Crippen molar-refractivity contribution >= 4 is 33.4 Å². The number of anilines is 1. The molecule has 1 N–H and O–H groups in total. The van der Waals surface area contributed by atoms with Crippen LogP contribution in [0.15, 0.2) is 77.3 Å². The average Bonchev–Trinajstić information content (AvgIpc) is 2.92. The molecular formula is C30H33BrN2O4. The second kappa shape index (κ2) is 12.8. The van der Waals surface area contributed by atoms with Gasteiger partial charge in [0.2, 0.25) is 11.8 Å². The highest BCUT2D eigenvalue weighted by Gasteiger charge is 2.36. The van der Waals surface area contributed by atoms with Gasteiger partial charge in [0.25, 0.3) is 0 Å². The van der Waals surface area contributed by atoms with E-state index in [4.69, 9.17) is 9.47 Å². The lowest BCUT2D eigenvalue weighted by Crippen LogP contribution is -2.47. The van der Waals surface area contributed by atoms with Crippen molar-refractivity contribution in [3.63, 3.8) is 0 Å². The van der Waals surface area contributed by atoms with Crippen molar-refractivity contribution in [1.29, 1.82) is 0 Å². The maximum atomic E-state index is 14.1. The Kier molecular flexibility index (Phi) is 9.23. The highest BCUT2D eigenvalue weighted by Crippen LogP contribution is 2.39. The Bertz CT molecular complexity index is 1190. The van der Waals surface area contributed by atoms with Gasteiger partial charge in [-0.25, -0.2) is 0 Å². The van der Waals surface area contributed by atoms with E-state index in [1.54, 1.807) is 25.2 Å². The van der Waals surface area contributed by atoms with E-state index in [-0.39, 0.29) is 24.3 Å². The van der Waals surface area contributed by atoms with E-state index in [0.717, 1.165) is 35.7 Å². The number of rotatable bonds is 9. The first-order valence-corrected chi connectivity index (χ1v) is 13.4. The van der Waals surface area contributed by atoms with Gasteiger partial charge in [-0.2, -0.15) is 0 Å². The van der Waals surface area contributed by atoms with Crippen molar-refractivity contribution in [2.45, 2.75) is 50.6 Å². The maximum Gasteiger partial charge on any atom is 0.248 e. The molecule has 0 aliphatic heterocycles. The van der Waals surface area contributed by atoms with E-state index < -0.39 is 6.04 Å². The van der Waals surface area contributed by atoms with Gasteiger partial charge in [0, 0.05) is 21.8 Å². The first-order valence-electron chi connectivity index (χ1n) is 12.6. The molecule has 3 aromatic carbocycles. The number of methoxy groups -OCH3 is 2. The summed E-state index contributed by atoms with van der Waals surface area (Å²) in [6.45, 7) is 0. The van der Waals surface area contributed by atoms with Gasteiger partial charge in [-0.05, 0) is 48.7 Å². The molecular weight excluding hydrogens is 532 g/mol. The highest BCUT2D eigenvalue weighted by molar-refractivity contribution is 9.10. The lowest BCUT2D eigenvalue weighted by atomic mass is 9.94. The van der Waals surface area contributed by atoms with E-state index >= 15 is 0 Å². The Morgan fingerprint density at radius 1 is 0.919 bits per heavy atom. The first-order chi connectivity index (χ1) is 18.0. The Balaban J connectivity index is 1.83. The minimum absolute atomic E-state index is 0.0799. The molecule has 0 radical (unpaired) electrons. The quantitative estimate of drug-likeness (QED) is 0.334. The third kappa shape index (κ3) is 6.52. The fraction of sp³-hybridized carbons (Fsp3) is 0.333. The van der Waals surface area contributed by atoms with Crippen LogP contribution in [0.4, 0.5) is 5.69 Å². The first kappa shape index (κ1) is 26.7. The van der Waals surface area contributed by atoms with Crippen molar-refractivity contribution in [1.82, 2.24) is 5.32 Å². The number of nitrogens with zero attached hydrogens (tertiary/aromatic N) is 1. The van der Waals surface area contributed by atoms with Gasteiger partial charge in [-0.3, -0.25) is 14.5 Å². The summed E-state index contributed by atoms with van der Waals surface area (Å²) in [6, 6.07) is 21.6. The fourth-order valence-corrected chi connectivity index (χ4v) is 5.21. The van der Waals surface area contributed by atoms with Crippen molar-refractivity contribution < 1.29 is 19.1 Å². The number of nitrogens with one attached hydrogen (secondary N) is 1. The zero-order valence-electron chi connectivity index (χ0n) is 21.3. The lowest BCUT2D eigenvalue weighted by molar-refractivity contribution is -0.127. The van der Waals surface area contributed by atoms with Crippen LogP contribution in [0.5, 0.6) is 11.5 Å². The van der Waals surface area contributed by atoms with Crippen LogP contribution < -0.4 is 19.7 Å². The molecule has 1 saturated carbocycles. The van der Waals surface area contributed by atoms with Crippen LogP contribution in [0, 0.1) is 0 Å². The SMILES string of the molecule is COc1cccc(C(C(=O)NC2CCCCC2)N(C(=O)Cc2ccccc2)c2ccc(Br)cc2)c1OC. The third-order valence-electron chi connectivity index (χ3n) is 6.76. The van der Waals surface area contributed by atoms with Crippen molar-refractivity contribution in [3.8, 4) is 11.5 Å². The van der Waals surface area contributed by atoms with Gasteiger partial charge in [-0.1, -0.05) is 77.7 Å². The minimum atomic E-state index is -0.954. The zero-order valence-corrected chi connectivity index (χ0v) is 22.9. The van der Waals surface area contributed by atoms with E-state index in [2.05, 4.69) is 21.2 Å². The number of amides is 2. The molecule has 3 aromatic rings. The summed E-state index contributed by atoms with van der Waals surface area (Å²) in [6.07, 6.45) is 5.37. The Labute approximate surface area is 227 Å².